The highest BCUT2D eigenvalue weighted by atomic mass is 16.5. The van der Waals surface area contributed by atoms with Crippen LogP contribution in [0.15, 0.2) is 54.6 Å². The van der Waals surface area contributed by atoms with E-state index in [0.29, 0.717) is 39.8 Å². The van der Waals surface area contributed by atoms with Crippen LogP contribution in [-0.2, 0) is 4.79 Å². The van der Waals surface area contributed by atoms with E-state index >= 15 is 0 Å². The number of nitrogens with one attached hydrogen (secondary N) is 1. The molecule has 8 nitrogen and oxygen atoms in total. The number of amides is 2. The number of benzene rings is 3. The second-order valence-corrected chi connectivity index (χ2v) is 8.60. The van der Waals surface area contributed by atoms with E-state index in [0.717, 1.165) is 11.1 Å². The number of fused-ring (bicyclic) bond motifs is 1. The van der Waals surface area contributed by atoms with Gasteiger partial charge in [0.05, 0.1) is 46.1 Å². The Morgan fingerprint density at radius 3 is 2.08 bits per heavy atom. The number of methoxy groups -OCH3 is 4. The molecule has 0 bridgehead atoms. The highest BCUT2D eigenvalue weighted by Crippen LogP contribution is 2.46. The average Bonchev–Trinajstić information content (AvgIpc) is 2.90. The van der Waals surface area contributed by atoms with Crippen LogP contribution in [0.25, 0.3) is 0 Å². The predicted molar refractivity (Wildman–Crippen MR) is 136 cm³/mol. The van der Waals surface area contributed by atoms with Crippen molar-refractivity contribution in [1.82, 2.24) is 4.90 Å². The molecule has 188 valence electrons. The molecule has 2 amide bonds. The number of nitrogens with zero attached hydrogens (tertiary/aromatic N) is 1. The Balaban J connectivity index is 1.89. The fourth-order valence-corrected chi connectivity index (χ4v) is 4.68. The van der Waals surface area contributed by atoms with E-state index in [1.807, 2.05) is 49.4 Å². The highest BCUT2D eigenvalue weighted by Gasteiger charge is 2.43. The van der Waals surface area contributed by atoms with Crippen LogP contribution < -0.4 is 24.3 Å². The molecule has 36 heavy (non-hydrogen) atoms. The summed E-state index contributed by atoms with van der Waals surface area (Å²) < 4.78 is 21.7. The maximum absolute atomic E-state index is 14.0. The van der Waals surface area contributed by atoms with Gasteiger partial charge >= 0.3 is 0 Å². The van der Waals surface area contributed by atoms with Crippen molar-refractivity contribution in [2.75, 3.05) is 40.8 Å². The Kier molecular flexibility index (Phi) is 7.05. The van der Waals surface area contributed by atoms with Gasteiger partial charge in [0, 0.05) is 12.6 Å². The van der Waals surface area contributed by atoms with Gasteiger partial charge in [-0.2, -0.15) is 0 Å². The molecule has 1 aliphatic rings. The minimum atomic E-state index is -0.749. The Labute approximate surface area is 210 Å². The van der Waals surface area contributed by atoms with Crippen molar-refractivity contribution in [3.05, 3.63) is 76.9 Å². The van der Waals surface area contributed by atoms with Gasteiger partial charge in [-0.25, -0.2) is 0 Å². The van der Waals surface area contributed by atoms with E-state index < -0.39 is 12.0 Å². The van der Waals surface area contributed by atoms with E-state index in [1.165, 1.54) is 14.2 Å². The second-order valence-electron chi connectivity index (χ2n) is 8.60. The molecule has 4 rings (SSSR count). The molecule has 1 heterocycles. The topological polar surface area (TPSA) is 86.3 Å². The zero-order valence-electron chi connectivity index (χ0n) is 21.2. The van der Waals surface area contributed by atoms with Gasteiger partial charge in [-0.1, -0.05) is 18.2 Å². The van der Waals surface area contributed by atoms with Gasteiger partial charge in [0.15, 0.2) is 11.5 Å². The zero-order chi connectivity index (χ0) is 26.0. The summed E-state index contributed by atoms with van der Waals surface area (Å²) in [6.45, 7) is 1.94. The highest BCUT2D eigenvalue weighted by molar-refractivity contribution is 6.05. The number of ether oxygens (including phenoxy) is 4. The molecule has 0 aliphatic carbocycles. The van der Waals surface area contributed by atoms with Gasteiger partial charge in [-0.05, 0) is 60.0 Å². The Bertz CT molecular complexity index is 1290. The lowest BCUT2D eigenvalue weighted by Crippen LogP contribution is -2.44. The standard InChI is InChI=1S/C28H30N2O6/c1-16-7-12-22(34-4)21(13-16)29-27(31)25-19-14-23(35-5)24(36-6)15-20(19)28(32)30(2)26(25)17-8-10-18(33-3)11-9-17/h7-15,25-26H,1-6H3,(H,29,31)/t25-,26-/m1/s1. The summed E-state index contributed by atoms with van der Waals surface area (Å²) in [5.41, 5.74) is 3.26. The maximum Gasteiger partial charge on any atom is 0.254 e. The Hall–Kier alpha value is -4.20. The average molecular weight is 491 g/mol. The summed E-state index contributed by atoms with van der Waals surface area (Å²) in [6, 6.07) is 15.7. The Morgan fingerprint density at radius 2 is 1.47 bits per heavy atom. The van der Waals surface area contributed by atoms with Gasteiger partial charge in [-0.15, -0.1) is 0 Å². The van der Waals surface area contributed by atoms with Gasteiger partial charge in [0.25, 0.3) is 5.91 Å². The van der Waals surface area contributed by atoms with E-state index in [-0.39, 0.29) is 11.8 Å². The minimum Gasteiger partial charge on any atom is -0.497 e. The van der Waals surface area contributed by atoms with Crippen LogP contribution in [0.5, 0.6) is 23.0 Å². The summed E-state index contributed by atoms with van der Waals surface area (Å²) in [6.07, 6.45) is 0. The summed E-state index contributed by atoms with van der Waals surface area (Å²) in [7, 11) is 7.88. The molecule has 0 aromatic heterocycles. The van der Waals surface area contributed by atoms with E-state index in [2.05, 4.69) is 5.32 Å². The molecule has 3 aromatic carbocycles. The monoisotopic (exact) mass is 490 g/mol. The number of rotatable bonds is 7. The van der Waals surface area contributed by atoms with E-state index in [1.54, 1.807) is 38.3 Å². The number of likely N-dealkylation sites (N-methyl/N-ethyl adjacent to an activating group) is 1. The summed E-state index contributed by atoms with van der Waals surface area (Å²) >= 11 is 0. The number of aryl methyl sites for hydroxylation is 1. The minimum absolute atomic E-state index is 0.219. The maximum atomic E-state index is 14.0. The third-order valence-corrected chi connectivity index (χ3v) is 6.53. The number of anilines is 1. The first-order valence-electron chi connectivity index (χ1n) is 11.5. The van der Waals surface area contributed by atoms with Gasteiger partial charge < -0.3 is 29.2 Å². The van der Waals surface area contributed by atoms with Gasteiger partial charge in [0.2, 0.25) is 5.91 Å². The van der Waals surface area contributed by atoms with E-state index in [4.69, 9.17) is 18.9 Å². The second kappa shape index (κ2) is 10.2. The largest absolute Gasteiger partial charge is 0.497 e. The molecule has 0 spiro atoms. The summed E-state index contributed by atoms with van der Waals surface area (Å²) in [5, 5.41) is 3.04. The third-order valence-electron chi connectivity index (χ3n) is 6.53. The summed E-state index contributed by atoms with van der Waals surface area (Å²) in [4.78, 5) is 29.1. The third kappa shape index (κ3) is 4.42. The zero-order valence-corrected chi connectivity index (χ0v) is 21.2. The van der Waals surface area contributed by atoms with Gasteiger partial charge in [0.1, 0.15) is 11.5 Å². The van der Waals surface area contributed by atoms with Crippen LogP contribution in [0, 0.1) is 6.92 Å². The van der Waals surface area contributed by atoms with Crippen LogP contribution in [-0.4, -0.2) is 52.2 Å². The van der Waals surface area contributed by atoms with Gasteiger partial charge in [-0.3, -0.25) is 9.59 Å². The first-order valence-corrected chi connectivity index (χ1v) is 11.5. The molecule has 0 radical (unpaired) electrons. The van der Waals surface area contributed by atoms with Crippen molar-refractivity contribution in [3.63, 3.8) is 0 Å². The summed E-state index contributed by atoms with van der Waals surface area (Å²) in [5.74, 6) is 0.828. The number of carbonyl (C=O) groups is 2. The van der Waals surface area contributed by atoms with Crippen molar-refractivity contribution in [3.8, 4) is 23.0 Å². The number of hydrogen-bond donors (Lipinski definition) is 1. The SMILES string of the molecule is COc1ccc([C@@H]2[C@H](C(=O)Nc3cc(C)ccc3OC)c3cc(OC)c(OC)cc3C(=O)N2C)cc1. The molecule has 0 saturated heterocycles. The molecule has 1 aliphatic heterocycles. The van der Waals surface area contributed by atoms with E-state index in [9.17, 15) is 9.59 Å². The Morgan fingerprint density at radius 1 is 0.833 bits per heavy atom. The van der Waals surface area contributed by atoms with Crippen molar-refractivity contribution in [1.29, 1.82) is 0 Å². The molecule has 0 fully saturated rings. The fraction of sp³-hybridized carbons (Fsp3) is 0.286. The molecular formula is C28H30N2O6. The molecule has 8 heteroatoms. The molecule has 3 aromatic rings. The molecular weight excluding hydrogens is 460 g/mol. The van der Waals surface area contributed by atoms with Crippen LogP contribution in [0.3, 0.4) is 0 Å². The van der Waals surface area contributed by atoms with Crippen molar-refractivity contribution in [2.45, 2.75) is 18.9 Å². The van der Waals surface area contributed by atoms with Crippen molar-refractivity contribution < 1.29 is 28.5 Å². The van der Waals surface area contributed by atoms with Crippen molar-refractivity contribution in [2.24, 2.45) is 0 Å². The first-order chi connectivity index (χ1) is 17.3. The number of hydrogen-bond acceptors (Lipinski definition) is 6. The lowest BCUT2D eigenvalue weighted by atomic mass is 9.79. The quantitative estimate of drug-likeness (QED) is 0.522. The molecule has 2 atom stereocenters. The van der Waals surface area contributed by atoms with Crippen LogP contribution >= 0.6 is 0 Å². The molecule has 1 N–H and O–H groups in total. The lowest BCUT2D eigenvalue weighted by molar-refractivity contribution is -0.119. The van der Waals surface area contributed by atoms with Crippen molar-refractivity contribution >= 4 is 17.5 Å². The fourth-order valence-electron chi connectivity index (χ4n) is 4.68. The van der Waals surface area contributed by atoms with Crippen LogP contribution in [0.2, 0.25) is 0 Å². The molecule has 0 unspecified atom stereocenters. The lowest BCUT2D eigenvalue weighted by Gasteiger charge is -2.40. The number of carbonyl (C=O) groups excluding carboxylic acids is 2. The normalized spacial score (nSPS) is 16.7. The molecule has 0 saturated carbocycles. The smallest absolute Gasteiger partial charge is 0.254 e. The van der Waals surface area contributed by atoms with Crippen LogP contribution in [0.1, 0.15) is 39.0 Å². The first kappa shape index (κ1) is 24.9. The van der Waals surface area contributed by atoms with Crippen LogP contribution in [0.4, 0.5) is 5.69 Å². The predicted octanol–water partition coefficient (Wildman–Crippen LogP) is 4.58.